The zero-order chi connectivity index (χ0) is 19.6. The average molecular weight is 344 g/mol. The number of aliphatic hydroxyl groups excluding tert-OH is 1. The van der Waals surface area contributed by atoms with Gasteiger partial charge in [-0.1, -0.05) is 6.58 Å². The van der Waals surface area contributed by atoms with Crippen LogP contribution in [0, 0.1) is 0 Å². The Hall–Kier alpha value is -0.910. The van der Waals surface area contributed by atoms with Gasteiger partial charge in [-0.25, -0.2) is 0 Å². The molecule has 0 heterocycles. The summed E-state index contributed by atoms with van der Waals surface area (Å²) in [6, 6.07) is 0. The number of carbonyl (C=O) groups excluding carboxylic acids is 1. The van der Waals surface area contributed by atoms with Crippen LogP contribution in [0.15, 0.2) is 12.2 Å². The van der Waals surface area contributed by atoms with Gasteiger partial charge in [0, 0.05) is 17.5 Å². The molecule has 0 saturated carbocycles. The molecule has 5 nitrogen and oxygen atoms in total. The minimum absolute atomic E-state index is 0.105. The number of amides is 1. The summed E-state index contributed by atoms with van der Waals surface area (Å²) in [4.78, 5) is 12.0. The lowest BCUT2D eigenvalue weighted by atomic mass is 9.84. The summed E-state index contributed by atoms with van der Waals surface area (Å²) in [5, 5.41) is 13.5. The SMILES string of the molecule is C=C(C)C(=O)NC(C)(C)CC(C)(C)[N+](C)(C)CC(O)C[N+](C)(C)C. The lowest BCUT2D eigenvalue weighted by Gasteiger charge is -2.49. The monoisotopic (exact) mass is 343 g/mol. The predicted molar refractivity (Wildman–Crippen MR) is 102 cm³/mol. The summed E-state index contributed by atoms with van der Waals surface area (Å²) in [5.41, 5.74) is 0.0608. The van der Waals surface area contributed by atoms with Crippen LogP contribution in [0.1, 0.15) is 41.0 Å². The summed E-state index contributed by atoms with van der Waals surface area (Å²) >= 11 is 0. The summed E-state index contributed by atoms with van der Waals surface area (Å²) in [6.45, 7) is 15.3. The number of hydrogen-bond donors (Lipinski definition) is 2. The Kier molecular flexibility index (Phi) is 7.26. The van der Waals surface area contributed by atoms with Crippen molar-refractivity contribution in [3.8, 4) is 0 Å². The van der Waals surface area contributed by atoms with Crippen molar-refractivity contribution in [3.63, 3.8) is 0 Å². The third kappa shape index (κ3) is 7.77. The van der Waals surface area contributed by atoms with E-state index in [-0.39, 0.29) is 23.1 Å². The van der Waals surface area contributed by atoms with E-state index in [1.54, 1.807) is 6.92 Å². The highest BCUT2D eigenvalue weighted by Crippen LogP contribution is 2.30. The Morgan fingerprint density at radius 3 is 1.92 bits per heavy atom. The fraction of sp³-hybridized carbons (Fsp3) is 0.842. The Bertz CT molecular complexity index is 460. The average Bonchev–Trinajstić information content (AvgIpc) is 2.21. The second-order valence-corrected chi connectivity index (χ2v) is 10.1. The maximum absolute atomic E-state index is 12.0. The van der Waals surface area contributed by atoms with Crippen molar-refractivity contribution in [1.29, 1.82) is 0 Å². The van der Waals surface area contributed by atoms with Crippen LogP contribution in [0.25, 0.3) is 0 Å². The smallest absolute Gasteiger partial charge is 0.246 e. The lowest BCUT2D eigenvalue weighted by molar-refractivity contribution is -0.946. The third-order valence-electron chi connectivity index (χ3n) is 4.78. The highest BCUT2D eigenvalue weighted by atomic mass is 16.3. The van der Waals surface area contributed by atoms with Gasteiger partial charge in [-0.2, -0.15) is 0 Å². The van der Waals surface area contributed by atoms with Gasteiger partial charge in [0.05, 0.1) is 40.8 Å². The Balaban J connectivity index is 5.06. The van der Waals surface area contributed by atoms with E-state index in [0.29, 0.717) is 23.1 Å². The molecule has 0 spiro atoms. The molecule has 0 aliphatic carbocycles. The van der Waals surface area contributed by atoms with E-state index in [9.17, 15) is 9.90 Å². The number of nitrogens with zero attached hydrogens (tertiary/aromatic N) is 2. The molecule has 0 aromatic rings. The van der Waals surface area contributed by atoms with Crippen LogP contribution >= 0.6 is 0 Å². The number of hydrogen-bond acceptors (Lipinski definition) is 2. The first-order chi connectivity index (χ1) is 10.4. The standard InChI is InChI=1S/C19H40N3O2/c1-15(2)17(24)20-18(3,4)14-19(5,6)22(10,11)13-16(23)12-21(7,8)9/h16,23H,1,12-14H2,2-11H3/q+1/p+1. The molecule has 0 fully saturated rings. The van der Waals surface area contributed by atoms with E-state index in [1.165, 1.54) is 0 Å². The van der Waals surface area contributed by atoms with Crippen molar-refractivity contribution in [2.45, 2.75) is 58.2 Å². The Labute approximate surface area is 149 Å². The number of carbonyl (C=O) groups is 1. The van der Waals surface area contributed by atoms with Crippen molar-refractivity contribution in [1.82, 2.24) is 5.32 Å². The van der Waals surface area contributed by atoms with Crippen LogP contribution in [0.3, 0.4) is 0 Å². The number of likely N-dealkylation sites (N-methyl/N-ethyl adjacent to an activating group) is 2. The topological polar surface area (TPSA) is 49.3 Å². The molecule has 0 bridgehead atoms. The van der Waals surface area contributed by atoms with Crippen molar-refractivity contribution in [3.05, 3.63) is 12.2 Å². The minimum atomic E-state index is -0.368. The van der Waals surface area contributed by atoms with Gasteiger partial charge in [0.1, 0.15) is 13.1 Å². The van der Waals surface area contributed by atoms with E-state index < -0.39 is 0 Å². The van der Waals surface area contributed by atoms with E-state index in [4.69, 9.17) is 0 Å². The molecule has 24 heavy (non-hydrogen) atoms. The predicted octanol–water partition coefficient (Wildman–Crippen LogP) is 1.77. The molecule has 142 valence electrons. The third-order valence-corrected chi connectivity index (χ3v) is 4.78. The molecule has 0 aliphatic rings. The molecule has 1 unspecified atom stereocenters. The van der Waals surface area contributed by atoms with E-state index in [1.807, 2.05) is 13.8 Å². The number of rotatable bonds is 9. The van der Waals surface area contributed by atoms with Gasteiger partial charge in [-0.3, -0.25) is 4.79 Å². The van der Waals surface area contributed by atoms with Crippen LogP contribution in [0.4, 0.5) is 0 Å². The molecule has 0 aliphatic heterocycles. The normalized spacial score (nSPS) is 15.1. The quantitative estimate of drug-likeness (QED) is 0.495. The van der Waals surface area contributed by atoms with Gasteiger partial charge in [-0.15, -0.1) is 0 Å². The zero-order valence-electron chi connectivity index (χ0n) is 17.7. The zero-order valence-corrected chi connectivity index (χ0v) is 17.7. The van der Waals surface area contributed by atoms with Gasteiger partial charge in [-0.05, 0) is 34.6 Å². The highest BCUT2D eigenvalue weighted by Gasteiger charge is 2.43. The fourth-order valence-electron chi connectivity index (χ4n) is 3.22. The van der Waals surface area contributed by atoms with Crippen molar-refractivity contribution in [2.75, 3.05) is 48.3 Å². The number of quaternary nitrogens is 2. The molecule has 1 amide bonds. The molecular weight excluding hydrogens is 302 g/mol. The second kappa shape index (κ2) is 7.54. The van der Waals surface area contributed by atoms with Gasteiger partial charge in [0.15, 0.2) is 6.10 Å². The molecule has 0 aromatic carbocycles. The van der Waals surface area contributed by atoms with Crippen LogP contribution in [0.2, 0.25) is 0 Å². The van der Waals surface area contributed by atoms with E-state index in [0.717, 1.165) is 10.9 Å². The first-order valence-electron chi connectivity index (χ1n) is 8.68. The number of aliphatic hydroxyl groups is 1. The molecule has 2 N–H and O–H groups in total. The summed E-state index contributed by atoms with van der Waals surface area (Å²) in [7, 11) is 10.6. The minimum Gasteiger partial charge on any atom is -0.382 e. The van der Waals surface area contributed by atoms with E-state index >= 15 is 0 Å². The first-order valence-corrected chi connectivity index (χ1v) is 8.68. The molecule has 0 saturated heterocycles. The second-order valence-electron chi connectivity index (χ2n) is 10.1. The van der Waals surface area contributed by atoms with Crippen molar-refractivity contribution < 1.29 is 18.9 Å². The van der Waals surface area contributed by atoms with Crippen molar-refractivity contribution >= 4 is 5.91 Å². The largest absolute Gasteiger partial charge is 0.382 e. The molecule has 1 atom stereocenters. The molecule has 5 heteroatoms. The van der Waals surface area contributed by atoms with Crippen molar-refractivity contribution in [2.24, 2.45) is 0 Å². The lowest BCUT2D eigenvalue weighted by Crippen LogP contribution is -2.63. The summed E-state index contributed by atoms with van der Waals surface area (Å²) < 4.78 is 1.42. The van der Waals surface area contributed by atoms with Gasteiger partial charge >= 0.3 is 0 Å². The molecule has 0 rings (SSSR count). The van der Waals surface area contributed by atoms with Crippen LogP contribution in [0.5, 0.6) is 0 Å². The summed E-state index contributed by atoms with van der Waals surface area (Å²) in [5.74, 6) is -0.105. The van der Waals surface area contributed by atoms with Gasteiger partial charge in [0.25, 0.3) is 0 Å². The van der Waals surface area contributed by atoms with Crippen LogP contribution < -0.4 is 5.32 Å². The molecule has 0 radical (unpaired) electrons. The highest BCUT2D eigenvalue weighted by molar-refractivity contribution is 5.92. The number of nitrogens with one attached hydrogen (secondary N) is 1. The summed E-state index contributed by atoms with van der Waals surface area (Å²) in [6.07, 6.45) is 0.427. The van der Waals surface area contributed by atoms with Gasteiger partial charge in [0.2, 0.25) is 5.91 Å². The maximum Gasteiger partial charge on any atom is 0.246 e. The Morgan fingerprint density at radius 1 is 1.08 bits per heavy atom. The van der Waals surface area contributed by atoms with Crippen LogP contribution in [-0.4, -0.2) is 85.5 Å². The fourth-order valence-corrected chi connectivity index (χ4v) is 3.22. The maximum atomic E-state index is 12.0. The van der Waals surface area contributed by atoms with E-state index in [2.05, 4.69) is 61.0 Å². The molecular formula is C19H41N3O2+2. The first kappa shape index (κ1) is 23.1. The van der Waals surface area contributed by atoms with Crippen LogP contribution in [-0.2, 0) is 4.79 Å². The Morgan fingerprint density at radius 2 is 1.54 bits per heavy atom. The van der Waals surface area contributed by atoms with Gasteiger partial charge < -0.3 is 19.4 Å². The molecule has 0 aromatic heterocycles.